The second-order valence-corrected chi connectivity index (χ2v) is 2.48. The number of fused-ring (bicyclic) bond motifs is 1. The molecule has 0 saturated heterocycles. The zero-order valence-electron chi connectivity index (χ0n) is 6.65. The molecule has 0 radical (unpaired) electrons. The van der Waals surface area contributed by atoms with Crippen molar-refractivity contribution in [2.45, 2.75) is 0 Å². The maximum atomic E-state index is 10.4. The van der Waals surface area contributed by atoms with E-state index in [9.17, 15) is 4.79 Å². The number of hydrogen-bond acceptors (Lipinski definition) is 3. The first-order valence-corrected chi connectivity index (χ1v) is 3.68. The van der Waals surface area contributed by atoms with E-state index in [4.69, 9.17) is 5.73 Å². The Bertz CT molecular complexity index is 416. The lowest BCUT2D eigenvalue weighted by Crippen LogP contribution is -2.16. The number of ether oxygens (including phenoxy) is 1. The highest BCUT2D eigenvalue weighted by molar-refractivity contribution is 5.76. The first-order valence-electron chi connectivity index (χ1n) is 3.68. The number of primary amides is 1. The van der Waals surface area contributed by atoms with Gasteiger partial charge in [-0.05, 0) is 12.1 Å². The first-order chi connectivity index (χ1) is 6.25. The van der Waals surface area contributed by atoms with Crippen LogP contribution in [0.5, 0.6) is 6.01 Å². The Balaban J connectivity index is 2.44. The maximum absolute atomic E-state index is 10.4. The molecule has 3 N–H and O–H groups in total. The molecule has 2 rings (SSSR count). The number of para-hydroxylation sites is 2. The Labute approximate surface area is 73.5 Å². The van der Waals surface area contributed by atoms with Crippen molar-refractivity contribution in [3.05, 3.63) is 24.3 Å². The van der Waals surface area contributed by atoms with Crippen LogP contribution < -0.4 is 10.5 Å². The Morgan fingerprint density at radius 1 is 1.46 bits per heavy atom. The van der Waals surface area contributed by atoms with Gasteiger partial charge in [-0.25, -0.2) is 4.79 Å². The molecule has 0 unspecified atom stereocenters. The van der Waals surface area contributed by atoms with Crippen molar-refractivity contribution < 1.29 is 9.53 Å². The summed E-state index contributed by atoms with van der Waals surface area (Å²) >= 11 is 0. The van der Waals surface area contributed by atoms with Crippen molar-refractivity contribution in [3.63, 3.8) is 0 Å². The van der Waals surface area contributed by atoms with Crippen molar-refractivity contribution in [2.75, 3.05) is 0 Å². The van der Waals surface area contributed by atoms with Gasteiger partial charge in [-0.3, -0.25) is 0 Å². The SMILES string of the molecule is NC(=O)Oc1nc2ccccc2[nH]1. The Hall–Kier alpha value is -2.04. The molecule has 1 aromatic heterocycles. The highest BCUT2D eigenvalue weighted by Gasteiger charge is 2.04. The van der Waals surface area contributed by atoms with Gasteiger partial charge in [-0.2, -0.15) is 4.98 Å². The molecule has 0 aliphatic rings. The fourth-order valence-corrected chi connectivity index (χ4v) is 1.07. The number of nitrogens with zero attached hydrogens (tertiary/aromatic N) is 1. The molecule has 0 bridgehead atoms. The van der Waals surface area contributed by atoms with Crippen LogP contribution in [0.2, 0.25) is 0 Å². The number of imidazole rings is 1. The third-order valence-electron chi connectivity index (χ3n) is 1.56. The monoisotopic (exact) mass is 177 g/mol. The molecule has 1 heterocycles. The lowest BCUT2D eigenvalue weighted by Gasteiger charge is -1.91. The molecule has 0 fully saturated rings. The molecule has 5 heteroatoms. The summed E-state index contributed by atoms with van der Waals surface area (Å²) < 4.78 is 4.57. The number of carbonyl (C=O) groups is 1. The molecule has 5 nitrogen and oxygen atoms in total. The van der Waals surface area contributed by atoms with Crippen molar-refractivity contribution in [1.29, 1.82) is 0 Å². The molecular weight excluding hydrogens is 170 g/mol. The number of aromatic amines is 1. The summed E-state index contributed by atoms with van der Waals surface area (Å²) in [5.41, 5.74) is 6.36. The average molecular weight is 177 g/mol. The van der Waals surface area contributed by atoms with E-state index < -0.39 is 6.09 Å². The number of benzene rings is 1. The summed E-state index contributed by atoms with van der Waals surface area (Å²) in [4.78, 5) is 17.2. The molecule has 0 aliphatic carbocycles. The summed E-state index contributed by atoms with van der Waals surface area (Å²) in [6, 6.07) is 7.45. The number of hydrogen-bond donors (Lipinski definition) is 2. The average Bonchev–Trinajstić information content (AvgIpc) is 2.44. The van der Waals surface area contributed by atoms with E-state index in [1.165, 1.54) is 0 Å². The summed E-state index contributed by atoms with van der Waals surface area (Å²) in [5.74, 6) is 0. The first kappa shape index (κ1) is 7.60. The molecule has 0 atom stereocenters. The minimum Gasteiger partial charge on any atom is -0.376 e. The fraction of sp³-hybridized carbons (Fsp3) is 0. The predicted octanol–water partition coefficient (Wildman–Crippen LogP) is 1.02. The highest BCUT2D eigenvalue weighted by atomic mass is 16.6. The van der Waals surface area contributed by atoms with Crippen LogP contribution in [0.25, 0.3) is 11.0 Å². The van der Waals surface area contributed by atoms with Gasteiger partial charge in [-0.15, -0.1) is 0 Å². The van der Waals surface area contributed by atoms with Crippen LogP contribution in [0.1, 0.15) is 0 Å². The minimum atomic E-state index is -0.876. The minimum absolute atomic E-state index is 0.119. The Morgan fingerprint density at radius 2 is 2.23 bits per heavy atom. The van der Waals surface area contributed by atoms with E-state index in [1.54, 1.807) is 6.07 Å². The molecular formula is C8H7N3O2. The van der Waals surface area contributed by atoms with Crippen molar-refractivity contribution in [1.82, 2.24) is 9.97 Å². The van der Waals surface area contributed by atoms with Crippen LogP contribution in [-0.4, -0.2) is 16.1 Å². The quantitative estimate of drug-likeness (QED) is 0.682. The second-order valence-electron chi connectivity index (χ2n) is 2.48. The van der Waals surface area contributed by atoms with E-state index in [0.717, 1.165) is 11.0 Å². The van der Waals surface area contributed by atoms with Crippen LogP contribution in [0.3, 0.4) is 0 Å². The number of rotatable bonds is 1. The molecule has 0 aliphatic heterocycles. The van der Waals surface area contributed by atoms with Gasteiger partial charge in [0, 0.05) is 0 Å². The number of amides is 1. The van der Waals surface area contributed by atoms with Crippen LogP contribution in [0.15, 0.2) is 24.3 Å². The third kappa shape index (κ3) is 1.44. The van der Waals surface area contributed by atoms with Crippen LogP contribution in [0.4, 0.5) is 4.79 Å². The van der Waals surface area contributed by atoms with Crippen molar-refractivity contribution in [3.8, 4) is 6.01 Å². The summed E-state index contributed by atoms with van der Waals surface area (Å²) in [6.45, 7) is 0. The Morgan fingerprint density at radius 3 is 2.92 bits per heavy atom. The summed E-state index contributed by atoms with van der Waals surface area (Å²) in [5, 5.41) is 0. The van der Waals surface area contributed by atoms with E-state index in [2.05, 4.69) is 14.7 Å². The Kier molecular flexibility index (Phi) is 1.63. The largest absolute Gasteiger partial charge is 0.412 e. The number of H-pyrrole nitrogens is 1. The number of aromatic nitrogens is 2. The number of nitrogens with one attached hydrogen (secondary N) is 1. The molecule has 1 amide bonds. The third-order valence-corrected chi connectivity index (χ3v) is 1.56. The van der Waals surface area contributed by atoms with Crippen LogP contribution >= 0.6 is 0 Å². The van der Waals surface area contributed by atoms with Gasteiger partial charge in [0.1, 0.15) is 0 Å². The number of nitrogens with two attached hydrogens (primary N) is 1. The van der Waals surface area contributed by atoms with E-state index >= 15 is 0 Å². The highest BCUT2D eigenvalue weighted by Crippen LogP contribution is 2.14. The van der Waals surface area contributed by atoms with Crippen molar-refractivity contribution >= 4 is 17.1 Å². The van der Waals surface area contributed by atoms with Crippen LogP contribution in [-0.2, 0) is 0 Å². The molecule has 1 aromatic carbocycles. The van der Waals surface area contributed by atoms with Crippen LogP contribution in [0, 0.1) is 0 Å². The normalized spacial score (nSPS) is 10.2. The second kappa shape index (κ2) is 2.78. The standard InChI is InChI=1S/C8H7N3O2/c9-7(12)13-8-10-5-3-1-2-4-6(5)11-8/h1-4H,(H2,9,12)(H,10,11). The van der Waals surface area contributed by atoms with Crippen molar-refractivity contribution in [2.24, 2.45) is 5.73 Å². The molecule has 2 aromatic rings. The van der Waals surface area contributed by atoms with Gasteiger partial charge in [-0.1, -0.05) is 12.1 Å². The molecule has 13 heavy (non-hydrogen) atoms. The zero-order valence-corrected chi connectivity index (χ0v) is 6.65. The zero-order chi connectivity index (χ0) is 9.26. The van der Waals surface area contributed by atoms with E-state index in [1.807, 2.05) is 18.2 Å². The fourth-order valence-electron chi connectivity index (χ4n) is 1.07. The van der Waals surface area contributed by atoms with Gasteiger partial charge < -0.3 is 15.5 Å². The lowest BCUT2D eigenvalue weighted by molar-refractivity contribution is 0.207. The van der Waals surface area contributed by atoms with Gasteiger partial charge in [0.25, 0.3) is 0 Å². The van der Waals surface area contributed by atoms with E-state index in [0.29, 0.717) is 0 Å². The van der Waals surface area contributed by atoms with Gasteiger partial charge in [0.2, 0.25) is 0 Å². The smallest absolute Gasteiger partial charge is 0.376 e. The lowest BCUT2D eigenvalue weighted by atomic mass is 10.3. The maximum Gasteiger partial charge on any atom is 0.412 e. The topological polar surface area (TPSA) is 81.0 Å². The van der Waals surface area contributed by atoms with E-state index in [-0.39, 0.29) is 6.01 Å². The number of carbonyl (C=O) groups excluding carboxylic acids is 1. The molecule has 66 valence electrons. The summed E-state index contributed by atoms with van der Waals surface area (Å²) in [6.07, 6.45) is -0.876. The molecule has 0 saturated carbocycles. The summed E-state index contributed by atoms with van der Waals surface area (Å²) in [7, 11) is 0. The van der Waals surface area contributed by atoms with Gasteiger partial charge >= 0.3 is 12.1 Å². The van der Waals surface area contributed by atoms with Gasteiger partial charge in [0.05, 0.1) is 11.0 Å². The van der Waals surface area contributed by atoms with Gasteiger partial charge in [0.15, 0.2) is 0 Å². The molecule has 0 spiro atoms. The predicted molar refractivity (Wildman–Crippen MR) is 46.3 cm³/mol.